The Balaban J connectivity index is 1.90. The van der Waals surface area contributed by atoms with Gasteiger partial charge in [0.25, 0.3) is 0 Å². The van der Waals surface area contributed by atoms with Crippen molar-refractivity contribution in [2.75, 3.05) is 6.54 Å². The van der Waals surface area contributed by atoms with Crippen molar-refractivity contribution in [1.29, 1.82) is 0 Å². The molecule has 0 amide bonds. The molecule has 0 saturated heterocycles. The molecule has 0 fully saturated rings. The first-order chi connectivity index (χ1) is 10.6. The van der Waals surface area contributed by atoms with Gasteiger partial charge in [0.05, 0.1) is 11.6 Å². The maximum Gasteiger partial charge on any atom is 0.317 e. The third-order valence-electron chi connectivity index (χ3n) is 2.97. The minimum atomic E-state index is -0.901. The number of halogens is 2. The molecule has 0 aliphatic carbocycles. The Bertz CT molecular complexity index is 626. The molecule has 0 unspecified atom stereocenters. The first-order valence-electron chi connectivity index (χ1n) is 6.63. The first-order valence-corrected chi connectivity index (χ1v) is 7.01. The summed E-state index contributed by atoms with van der Waals surface area (Å²) in [6, 6.07) is 11.6. The van der Waals surface area contributed by atoms with E-state index in [-0.39, 0.29) is 13.2 Å². The van der Waals surface area contributed by atoms with Crippen molar-refractivity contribution >= 4 is 17.6 Å². The lowest BCUT2D eigenvalue weighted by molar-refractivity contribution is -0.135. The highest BCUT2D eigenvalue weighted by atomic mass is 35.5. The van der Waals surface area contributed by atoms with Gasteiger partial charge >= 0.3 is 5.97 Å². The summed E-state index contributed by atoms with van der Waals surface area (Å²) in [5, 5.41) is 11.6. The monoisotopic (exact) mass is 323 g/mol. The van der Waals surface area contributed by atoms with E-state index in [1.807, 2.05) is 12.1 Å². The molecular formula is C16H15ClFNO3. The zero-order valence-corrected chi connectivity index (χ0v) is 12.4. The molecular weight excluding hydrogens is 309 g/mol. The van der Waals surface area contributed by atoms with Crippen molar-refractivity contribution in [2.45, 2.75) is 13.2 Å². The average Bonchev–Trinajstić information content (AvgIpc) is 2.48. The summed E-state index contributed by atoms with van der Waals surface area (Å²) < 4.78 is 19.1. The third-order valence-corrected chi connectivity index (χ3v) is 3.33. The summed E-state index contributed by atoms with van der Waals surface area (Å²) in [6.45, 7) is 0.401. The highest BCUT2D eigenvalue weighted by Crippen LogP contribution is 2.21. The summed E-state index contributed by atoms with van der Waals surface area (Å²) in [5.41, 5.74) is 1.24. The van der Waals surface area contributed by atoms with Crippen molar-refractivity contribution in [3.63, 3.8) is 0 Å². The van der Waals surface area contributed by atoms with Crippen LogP contribution in [-0.2, 0) is 17.9 Å². The van der Waals surface area contributed by atoms with Crippen LogP contribution >= 0.6 is 11.6 Å². The van der Waals surface area contributed by atoms with E-state index in [0.29, 0.717) is 22.9 Å². The molecule has 4 nitrogen and oxygen atoms in total. The molecule has 0 bridgehead atoms. The van der Waals surface area contributed by atoms with Crippen LogP contribution in [0.25, 0.3) is 0 Å². The van der Waals surface area contributed by atoms with Gasteiger partial charge in [-0.2, -0.15) is 0 Å². The normalized spacial score (nSPS) is 10.5. The second-order valence-corrected chi connectivity index (χ2v) is 5.04. The van der Waals surface area contributed by atoms with Gasteiger partial charge in [-0.3, -0.25) is 4.79 Å². The average molecular weight is 324 g/mol. The van der Waals surface area contributed by atoms with Gasteiger partial charge in [0.2, 0.25) is 0 Å². The van der Waals surface area contributed by atoms with Crippen LogP contribution in [0, 0.1) is 5.82 Å². The van der Waals surface area contributed by atoms with E-state index in [1.165, 1.54) is 6.07 Å². The quantitative estimate of drug-likeness (QED) is 0.821. The zero-order chi connectivity index (χ0) is 15.9. The van der Waals surface area contributed by atoms with Crippen LogP contribution in [-0.4, -0.2) is 17.6 Å². The van der Waals surface area contributed by atoms with E-state index in [2.05, 4.69) is 5.32 Å². The Kier molecular flexibility index (Phi) is 5.75. The number of hydrogen-bond acceptors (Lipinski definition) is 3. The number of benzene rings is 2. The standard InChI is InChI=1S/C16H15ClFNO3/c17-14-2-1-3-15(18)13(14)10-22-12-6-4-11(5-7-12)8-19-9-16(20)21/h1-7,19H,8-10H2,(H,20,21). The molecule has 0 aliphatic heterocycles. The molecule has 116 valence electrons. The fourth-order valence-corrected chi connectivity index (χ4v) is 2.06. The number of carboxylic acids is 1. The van der Waals surface area contributed by atoms with Gasteiger partial charge in [0.15, 0.2) is 0 Å². The molecule has 2 N–H and O–H groups in total. The Labute approximate surface area is 132 Å². The predicted molar refractivity (Wildman–Crippen MR) is 81.5 cm³/mol. The Morgan fingerprint density at radius 2 is 1.95 bits per heavy atom. The number of aliphatic carboxylic acids is 1. The number of ether oxygens (including phenoxy) is 1. The highest BCUT2D eigenvalue weighted by Gasteiger charge is 2.07. The van der Waals surface area contributed by atoms with E-state index in [0.717, 1.165) is 5.56 Å². The predicted octanol–water partition coefficient (Wildman–Crippen LogP) is 3.23. The fourth-order valence-electron chi connectivity index (χ4n) is 1.84. The Morgan fingerprint density at radius 1 is 1.23 bits per heavy atom. The molecule has 0 aliphatic rings. The molecule has 0 heterocycles. The summed E-state index contributed by atoms with van der Waals surface area (Å²) >= 11 is 5.93. The minimum absolute atomic E-state index is 0.0438. The molecule has 2 aromatic carbocycles. The van der Waals surface area contributed by atoms with Gasteiger partial charge in [-0.25, -0.2) is 4.39 Å². The number of nitrogens with one attached hydrogen (secondary N) is 1. The maximum absolute atomic E-state index is 13.6. The minimum Gasteiger partial charge on any atom is -0.489 e. The molecule has 6 heteroatoms. The van der Waals surface area contributed by atoms with Crippen molar-refractivity contribution < 1.29 is 19.0 Å². The van der Waals surface area contributed by atoms with E-state index >= 15 is 0 Å². The van der Waals surface area contributed by atoms with Crippen molar-refractivity contribution in [3.05, 3.63) is 64.4 Å². The molecule has 22 heavy (non-hydrogen) atoms. The van der Waals surface area contributed by atoms with Crippen molar-refractivity contribution in [2.24, 2.45) is 0 Å². The molecule has 0 radical (unpaired) electrons. The highest BCUT2D eigenvalue weighted by molar-refractivity contribution is 6.31. The maximum atomic E-state index is 13.6. The van der Waals surface area contributed by atoms with Gasteiger partial charge in [-0.1, -0.05) is 29.8 Å². The van der Waals surface area contributed by atoms with Crippen LogP contribution in [0.4, 0.5) is 4.39 Å². The Morgan fingerprint density at radius 3 is 2.59 bits per heavy atom. The smallest absolute Gasteiger partial charge is 0.317 e. The number of hydrogen-bond donors (Lipinski definition) is 2. The topological polar surface area (TPSA) is 58.6 Å². The van der Waals surface area contributed by atoms with Gasteiger partial charge < -0.3 is 15.2 Å². The van der Waals surface area contributed by atoms with E-state index in [4.69, 9.17) is 21.4 Å². The summed E-state index contributed by atoms with van der Waals surface area (Å²) in [7, 11) is 0. The Hall–Kier alpha value is -2.11. The lowest BCUT2D eigenvalue weighted by Crippen LogP contribution is -2.21. The van der Waals surface area contributed by atoms with E-state index < -0.39 is 11.8 Å². The zero-order valence-electron chi connectivity index (χ0n) is 11.7. The molecule has 0 atom stereocenters. The van der Waals surface area contributed by atoms with Crippen molar-refractivity contribution in [1.82, 2.24) is 5.32 Å². The van der Waals surface area contributed by atoms with Crippen LogP contribution < -0.4 is 10.1 Å². The molecule has 0 saturated carbocycles. The second kappa shape index (κ2) is 7.77. The van der Waals surface area contributed by atoms with Crippen LogP contribution in [0.2, 0.25) is 5.02 Å². The summed E-state index contributed by atoms with van der Waals surface area (Å²) in [4.78, 5) is 10.4. The molecule has 2 aromatic rings. The fraction of sp³-hybridized carbons (Fsp3) is 0.188. The summed E-state index contributed by atoms with van der Waals surface area (Å²) in [5.74, 6) is -0.718. The number of carboxylic acid groups (broad SMARTS) is 1. The van der Waals surface area contributed by atoms with Gasteiger partial charge in [-0.15, -0.1) is 0 Å². The van der Waals surface area contributed by atoms with Crippen molar-refractivity contribution in [3.8, 4) is 5.75 Å². The van der Waals surface area contributed by atoms with Gasteiger partial charge in [0.1, 0.15) is 18.2 Å². The number of rotatable bonds is 7. The molecule has 0 aromatic heterocycles. The lowest BCUT2D eigenvalue weighted by atomic mass is 10.2. The summed E-state index contributed by atoms with van der Waals surface area (Å²) in [6.07, 6.45) is 0. The first kappa shape index (κ1) is 16.3. The van der Waals surface area contributed by atoms with Gasteiger partial charge in [0, 0.05) is 12.1 Å². The largest absolute Gasteiger partial charge is 0.489 e. The van der Waals surface area contributed by atoms with Crippen LogP contribution in [0.5, 0.6) is 5.75 Å². The molecule has 2 rings (SSSR count). The van der Waals surface area contributed by atoms with E-state index in [9.17, 15) is 9.18 Å². The van der Waals surface area contributed by atoms with Crippen LogP contribution in [0.15, 0.2) is 42.5 Å². The van der Waals surface area contributed by atoms with Crippen LogP contribution in [0.1, 0.15) is 11.1 Å². The third kappa shape index (κ3) is 4.72. The lowest BCUT2D eigenvalue weighted by Gasteiger charge is -2.09. The van der Waals surface area contributed by atoms with E-state index in [1.54, 1.807) is 24.3 Å². The van der Waals surface area contributed by atoms with Gasteiger partial charge in [-0.05, 0) is 29.8 Å². The number of carbonyl (C=O) groups is 1. The SMILES string of the molecule is O=C(O)CNCc1ccc(OCc2c(F)cccc2Cl)cc1. The second-order valence-electron chi connectivity index (χ2n) is 4.63. The molecule has 0 spiro atoms. The van der Waals surface area contributed by atoms with Crippen LogP contribution in [0.3, 0.4) is 0 Å².